The molecule has 0 saturated heterocycles. The van der Waals surface area contributed by atoms with Crippen molar-refractivity contribution in [2.45, 2.75) is 390 Å². The van der Waals surface area contributed by atoms with Gasteiger partial charge >= 0.3 is 0 Å². The Bertz CT molecular complexity index is 3640. The largest absolute Gasteiger partial charge is 0.490 e. The van der Waals surface area contributed by atoms with Gasteiger partial charge in [-0.05, 0) is 155 Å². The summed E-state index contributed by atoms with van der Waals surface area (Å²) >= 11 is 0. The van der Waals surface area contributed by atoms with Crippen molar-refractivity contribution >= 4 is 29.5 Å². The highest BCUT2D eigenvalue weighted by molar-refractivity contribution is 5.98. The van der Waals surface area contributed by atoms with Gasteiger partial charge in [-0.3, -0.25) is 24.0 Å². The fourth-order valence-electron chi connectivity index (χ4n) is 16.0. The molecule has 0 aliphatic rings. The van der Waals surface area contributed by atoms with Crippen molar-refractivity contribution in [3.63, 3.8) is 0 Å². The van der Waals surface area contributed by atoms with Crippen LogP contribution in [0.3, 0.4) is 0 Å². The van der Waals surface area contributed by atoms with Gasteiger partial charge in [-0.25, -0.2) is 0 Å². The van der Waals surface area contributed by atoms with Gasteiger partial charge < -0.3 is 72.7 Å². The van der Waals surface area contributed by atoms with Crippen LogP contribution in [0.2, 0.25) is 0 Å². The molecule has 5 amide bonds. The minimum absolute atomic E-state index is 0.0122. The molecule has 0 fully saturated rings. The van der Waals surface area contributed by atoms with E-state index in [1.54, 1.807) is 75.4 Å². The number of ether oxygens (including phenoxy) is 10. The smallest absolute Gasteiger partial charge is 0.254 e. The van der Waals surface area contributed by atoms with Gasteiger partial charge in [0, 0.05) is 80.2 Å². The standard InChI is InChI=1S/C113H183N5O15/c1-11-21-31-41-51-79-124-99-66-61-94(89-104(99)129-84-56-46-36-26-16-6)109(119)114-71-73-116(111(121)96-63-68-101(126-81-53-43-33-23-13-3)106(91-96)131-86-58-48-38-28-18-8)75-77-118(113(123)98-65-70-103(128-83-55-45-35-25-15-5)108(93-98)133-88-60-50-40-30-20-10)78-76-117(112(122)97-64-69-102(127-82-54-44-34-24-14-4)107(92-97)132-87-59-49-39-29-19-9)74-72-115-110(120)95-62-67-100(125-80-52-42-32-22-12-2)105(90-95)130-85-57-47-37-27-17-7/h61-70,89-93H,11-60,71-88H2,1-10H3,(H,114,119)(H,115,120). The molecule has 5 rings (SSSR count). The minimum atomic E-state index is -0.372. The first-order valence-corrected chi connectivity index (χ1v) is 53.7. The monoisotopic (exact) mass is 1850 g/mol. The number of nitrogens with zero attached hydrogens (tertiary/aromatic N) is 3. The minimum Gasteiger partial charge on any atom is -0.490 e. The Labute approximate surface area is 806 Å². The number of carbonyl (C=O) groups excluding carboxylic acids is 5. The van der Waals surface area contributed by atoms with Crippen molar-refractivity contribution in [2.24, 2.45) is 0 Å². The lowest BCUT2D eigenvalue weighted by Gasteiger charge is -2.31. The molecule has 2 N–H and O–H groups in total. The predicted molar refractivity (Wildman–Crippen MR) is 547 cm³/mol. The molecule has 750 valence electrons. The van der Waals surface area contributed by atoms with Crippen LogP contribution in [0, 0.1) is 0 Å². The molecule has 0 unspecified atom stereocenters. The summed E-state index contributed by atoms with van der Waals surface area (Å²) in [6.45, 7) is 26.9. The Kier molecular flexibility index (Phi) is 66.2. The molecule has 0 radical (unpaired) electrons. The summed E-state index contributed by atoms with van der Waals surface area (Å²) in [4.78, 5) is 82.8. The van der Waals surface area contributed by atoms with Crippen LogP contribution in [0.1, 0.15) is 442 Å². The lowest BCUT2D eigenvalue weighted by Crippen LogP contribution is -2.47. The number of amides is 5. The van der Waals surface area contributed by atoms with Gasteiger partial charge in [-0.1, -0.05) is 326 Å². The zero-order chi connectivity index (χ0) is 95.5. The molecule has 0 aromatic heterocycles. The highest BCUT2D eigenvalue weighted by atomic mass is 16.5. The molecule has 0 heterocycles. The molecule has 20 heteroatoms. The molecule has 0 spiro atoms. The normalized spacial score (nSPS) is 11.2. The van der Waals surface area contributed by atoms with Crippen molar-refractivity contribution in [3.8, 4) is 57.5 Å². The van der Waals surface area contributed by atoms with Crippen LogP contribution < -0.4 is 58.0 Å². The van der Waals surface area contributed by atoms with Gasteiger partial charge in [-0.15, -0.1) is 0 Å². The molecule has 0 aliphatic heterocycles. The summed E-state index contributed by atoms with van der Waals surface area (Å²) < 4.78 is 65.1. The van der Waals surface area contributed by atoms with Crippen LogP contribution in [0.5, 0.6) is 57.5 Å². The van der Waals surface area contributed by atoms with Crippen molar-refractivity contribution in [1.82, 2.24) is 25.3 Å². The van der Waals surface area contributed by atoms with Crippen LogP contribution in [0.15, 0.2) is 91.0 Å². The van der Waals surface area contributed by atoms with Crippen molar-refractivity contribution < 1.29 is 71.3 Å². The second-order valence-electron chi connectivity index (χ2n) is 36.3. The zero-order valence-corrected chi connectivity index (χ0v) is 85.2. The number of hydrogen-bond donors (Lipinski definition) is 2. The van der Waals surface area contributed by atoms with Crippen LogP contribution in [-0.4, -0.2) is 163 Å². The van der Waals surface area contributed by atoms with Crippen molar-refractivity contribution in [3.05, 3.63) is 119 Å². The van der Waals surface area contributed by atoms with Crippen molar-refractivity contribution in [2.75, 3.05) is 118 Å². The molecule has 0 bridgehead atoms. The third-order valence-corrected chi connectivity index (χ3v) is 24.5. The number of unbranched alkanes of at least 4 members (excludes halogenated alkanes) is 40. The number of rotatable bonds is 87. The van der Waals surface area contributed by atoms with E-state index in [-0.39, 0.29) is 81.9 Å². The van der Waals surface area contributed by atoms with E-state index < -0.39 is 0 Å². The van der Waals surface area contributed by atoms with Crippen LogP contribution in [0.4, 0.5) is 0 Å². The lowest BCUT2D eigenvalue weighted by atomic mass is 10.1. The number of hydrogen-bond acceptors (Lipinski definition) is 15. The fourth-order valence-corrected chi connectivity index (χ4v) is 16.0. The van der Waals surface area contributed by atoms with Gasteiger partial charge in [0.2, 0.25) is 0 Å². The maximum atomic E-state index is 16.3. The average molecular weight is 1850 g/mol. The van der Waals surface area contributed by atoms with E-state index in [1.165, 1.54) is 12.8 Å². The van der Waals surface area contributed by atoms with Gasteiger partial charge in [0.05, 0.1) is 66.1 Å². The van der Waals surface area contributed by atoms with E-state index in [2.05, 4.69) is 79.9 Å². The number of carbonyl (C=O) groups is 5. The molecule has 0 aliphatic carbocycles. The van der Waals surface area contributed by atoms with E-state index >= 15 is 14.4 Å². The summed E-state index contributed by atoms with van der Waals surface area (Å²) in [5.74, 6) is 3.51. The maximum Gasteiger partial charge on any atom is 0.254 e. The SMILES string of the molecule is CCCCCCCOc1ccc(C(=O)NCCN(CCN(CCN(CCNC(=O)c2ccc(OCCCCCCC)c(OCCCCCCC)c2)C(=O)c2ccc(OCCCCCCC)c(OCCCCCCC)c2)C(=O)c2ccc(OCCCCCCC)c(OCCCCCCC)c2)C(=O)c2ccc(OCCCCCCC)c(OCCCCCCC)c2)cc1OCCCCCCC. The van der Waals surface area contributed by atoms with Gasteiger partial charge in [-0.2, -0.15) is 0 Å². The number of nitrogens with one attached hydrogen (secondary N) is 2. The van der Waals surface area contributed by atoms with E-state index in [1.807, 2.05) is 30.3 Å². The van der Waals surface area contributed by atoms with E-state index in [4.69, 9.17) is 47.4 Å². The second kappa shape index (κ2) is 76.6. The molecular weight excluding hydrogens is 1670 g/mol. The fraction of sp³-hybridized carbons (Fsp3) is 0.690. The quantitative estimate of drug-likeness (QED) is 0.0347. The van der Waals surface area contributed by atoms with E-state index in [9.17, 15) is 9.59 Å². The first-order chi connectivity index (χ1) is 65.3. The molecule has 0 saturated carbocycles. The van der Waals surface area contributed by atoms with Gasteiger partial charge in [0.1, 0.15) is 0 Å². The summed E-state index contributed by atoms with van der Waals surface area (Å²) in [6, 6.07) is 26.9. The predicted octanol–water partition coefficient (Wildman–Crippen LogP) is 28.8. The van der Waals surface area contributed by atoms with Gasteiger partial charge in [0.15, 0.2) is 57.5 Å². The Balaban J connectivity index is 1.69. The van der Waals surface area contributed by atoms with Crippen LogP contribution >= 0.6 is 0 Å². The summed E-state index contributed by atoms with van der Waals surface area (Å²) in [7, 11) is 0. The molecular formula is C113H183N5O15. The molecule has 0 atom stereocenters. The number of benzene rings is 5. The van der Waals surface area contributed by atoms with Crippen LogP contribution in [-0.2, 0) is 0 Å². The topological polar surface area (TPSA) is 211 Å². The highest BCUT2D eigenvalue weighted by Crippen LogP contribution is 2.36. The molecule has 5 aromatic carbocycles. The first-order valence-electron chi connectivity index (χ1n) is 53.7. The summed E-state index contributed by atoms with van der Waals surface area (Å²) in [5, 5.41) is 6.33. The Hall–Kier alpha value is -8.55. The Morgan fingerprint density at radius 2 is 0.338 bits per heavy atom. The maximum absolute atomic E-state index is 16.3. The Morgan fingerprint density at radius 1 is 0.188 bits per heavy atom. The summed E-state index contributed by atoms with van der Waals surface area (Å²) in [5.41, 5.74) is 1.78. The summed E-state index contributed by atoms with van der Waals surface area (Å²) in [6.07, 6.45) is 53.0. The van der Waals surface area contributed by atoms with Crippen molar-refractivity contribution in [1.29, 1.82) is 0 Å². The molecule has 20 nitrogen and oxygen atoms in total. The Morgan fingerprint density at radius 3 is 0.519 bits per heavy atom. The van der Waals surface area contributed by atoms with Gasteiger partial charge in [0.25, 0.3) is 29.5 Å². The average Bonchev–Trinajstić information content (AvgIpc) is 0.837. The molecule has 5 aromatic rings. The third-order valence-electron chi connectivity index (χ3n) is 24.5. The van der Waals surface area contributed by atoms with Crippen LogP contribution in [0.25, 0.3) is 0 Å². The molecule has 133 heavy (non-hydrogen) atoms. The highest BCUT2D eigenvalue weighted by Gasteiger charge is 2.28. The van der Waals surface area contributed by atoms with E-state index in [0.29, 0.717) is 151 Å². The zero-order valence-electron chi connectivity index (χ0n) is 85.2. The second-order valence-corrected chi connectivity index (χ2v) is 36.3. The first kappa shape index (κ1) is 115. The van der Waals surface area contributed by atoms with E-state index in [0.717, 1.165) is 308 Å². The third kappa shape index (κ3) is 50.2. The lowest BCUT2D eigenvalue weighted by molar-refractivity contribution is 0.0616.